The summed E-state index contributed by atoms with van der Waals surface area (Å²) >= 11 is 1.32. The molecule has 1 saturated heterocycles. The number of methoxy groups -OCH3 is 1. The van der Waals surface area contributed by atoms with Gasteiger partial charge in [0.1, 0.15) is 10.6 Å². The van der Waals surface area contributed by atoms with E-state index < -0.39 is 11.9 Å². The quantitative estimate of drug-likeness (QED) is 0.906. The fourth-order valence-corrected chi connectivity index (χ4v) is 2.95. The van der Waals surface area contributed by atoms with E-state index in [1.54, 1.807) is 16.3 Å². The molecule has 2 heterocycles. The number of carbonyl (C=O) groups excluding carboxylic acids is 1. The number of likely N-dealkylation sites (tertiary alicyclic amines) is 1. The Bertz CT molecular complexity index is 457. The molecule has 0 aromatic carbocycles. The average Bonchev–Trinajstić information content (AvgIpc) is 2.86. The van der Waals surface area contributed by atoms with Gasteiger partial charge in [-0.1, -0.05) is 0 Å². The highest BCUT2D eigenvalue weighted by Crippen LogP contribution is 2.28. The summed E-state index contributed by atoms with van der Waals surface area (Å²) in [6.07, 6.45) is 1.37. The van der Waals surface area contributed by atoms with Crippen molar-refractivity contribution in [2.24, 2.45) is 5.92 Å². The summed E-state index contributed by atoms with van der Waals surface area (Å²) in [6, 6.07) is 1.75. The van der Waals surface area contributed by atoms with Gasteiger partial charge in [0.25, 0.3) is 5.91 Å². The minimum absolute atomic E-state index is 0.132. The van der Waals surface area contributed by atoms with Gasteiger partial charge in [0.15, 0.2) is 0 Å². The normalized spacial score (nSPS) is 19.6. The van der Waals surface area contributed by atoms with E-state index in [1.165, 1.54) is 18.4 Å². The minimum Gasteiger partial charge on any atom is -0.495 e. The van der Waals surface area contributed by atoms with Crippen LogP contribution in [0.3, 0.4) is 0 Å². The maximum Gasteiger partial charge on any atom is 0.308 e. The van der Waals surface area contributed by atoms with Crippen LogP contribution in [0.4, 0.5) is 0 Å². The van der Waals surface area contributed by atoms with Gasteiger partial charge in [-0.05, 0) is 24.3 Å². The van der Waals surface area contributed by atoms with E-state index in [0.717, 1.165) is 6.42 Å². The van der Waals surface area contributed by atoms with E-state index in [9.17, 15) is 9.59 Å². The first kappa shape index (κ1) is 12.9. The van der Waals surface area contributed by atoms with E-state index in [2.05, 4.69) is 0 Å². The number of thiophene rings is 1. The van der Waals surface area contributed by atoms with Gasteiger partial charge in [0.2, 0.25) is 0 Å². The summed E-state index contributed by atoms with van der Waals surface area (Å²) in [6.45, 7) is 0.902. The van der Waals surface area contributed by atoms with Gasteiger partial charge < -0.3 is 14.7 Å². The van der Waals surface area contributed by atoms with E-state index in [0.29, 0.717) is 23.6 Å². The first-order valence-corrected chi connectivity index (χ1v) is 6.65. The molecule has 1 amide bonds. The maximum absolute atomic E-state index is 12.3. The molecule has 6 heteroatoms. The zero-order valence-corrected chi connectivity index (χ0v) is 10.9. The van der Waals surface area contributed by atoms with Crippen molar-refractivity contribution in [3.05, 3.63) is 16.3 Å². The molecule has 1 fully saturated rings. The summed E-state index contributed by atoms with van der Waals surface area (Å²) in [7, 11) is 1.52. The number of amides is 1. The van der Waals surface area contributed by atoms with Gasteiger partial charge in [-0.25, -0.2) is 0 Å². The standard InChI is InChI=1S/C12H15NO4S/c1-17-9-4-6-18-10(9)11(14)13-5-2-3-8(7-13)12(15)16/h4,6,8H,2-3,5,7H2,1H3,(H,15,16). The third kappa shape index (κ3) is 2.48. The number of piperidine rings is 1. The highest BCUT2D eigenvalue weighted by Gasteiger charge is 2.30. The number of hydrogen-bond donors (Lipinski definition) is 1. The Morgan fingerprint density at radius 1 is 1.56 bits per heavy atom. The lowest BCUT2D eigenvalue weighted by Crippen LogP contribution is -2.42. The number of carboxylic acid groups (broad SMARTS) is 1. The molecule has 0 bridgehead atoms. The third-order valence-electron chi connectivity index (χ3n) is 3.10. The first-order chi connectivity index (χ1) is 8.63. The Kier molecular flexibility index (Phi) is 3.86. The van der Waals surface area contributed by atoms with Crippen LogP contribution in [0.5, 0.6) is 5.75 Å². The van der Waals surface area contributed by atoms with Crippen LogP contribution in [-0.4, -0.2) is 42.1 Å². The largest absolute Gasteiger partial charge is 0.495 e. The van der Waals surface area contributed by atoms with E-state index in [1.807, 2.05) is 0 Å². The number of ether oxygens (including phenoxy) is 1. The second kappa shape index (κ2) is 5.39. The number of rotatable bonds is 3. The first-order valence-electron chi connectivity index (χ1n) is 5.77. The molecular formula is C12H15NO4S. The molecule has 1 aromatic rings. The van der Waals surface area contributed by atoms with Crippen molar-refractivity contribution >= 4 is 23.2 Å². The van der Waals surface area contributed by atoms with Crippen molar-refractivity contribution < 1.29 is 19.4 Å². The van der Waals surface area contributed by atoms with Crippen LogP contribution >= 0.6 is 11.3 Å². The van der Waals surface area contributed by atoms with Crippen molar-refractivity contribution in [3.63, 3.8) is 0 Å². The number of nitrogens with zero attached hydrogens (tertiary/aromatic N) is 1. The fourth-order valence-electron chi connectivity index (χ4n) is 2.12. The Labute approximate surface area is 109 Å². The van der Waals surface area contributed by atoms with Crippen molar-refractivity contribution in [1.29, 1.82) is 0 Å². The lowest BCUT2D eigenvalue weighted by molar-refractivity contribution is -0.143. The van der Waals surface area contributed by atoms with Crippen molar-refractivity contribution in [2.45, 2.75) is 12.8 Å². The van der Waals surface area contributed by atoms with Crippen LogP contribution < -0.4 is 4.74 Å². The van der Waals surface area contributed by atoms with Crippen LogP contribution in [0.15, 0.2) is 11.4 Å². The topological polar surface area (TPSA) is 66.8 Å². The molecule has 1 atom stereocenters. The number of carboxylic acids is 1. The van der Waals surface area contributed by atoms with Crippen molar-refractivity contribution in [1.82, 2.24) is 4.90 Å². The van der Waals surface area contributed by atoms with E-state index in [4.69, 9.17) is 9.84 Å². The van der Waals surface area contributed by atoms with Crippen LogP contribution in [0.2, 0.25) is 0 Å². The van der Waals surface area contributed by atoms with Crippen LogP contribution in [0, 0.1) is 5.92 Å². The zero-order valence-electron chi connectivity index (χ0n) is 10.1. The maximum atomic E-state index is 12.3. The van der Waals surface area contributed by atoms with Gasteiger partial charge in [0, 0.05) is 13.1 Å². The molecule has 98 valence electrons. The van der Waals surface area contributed by atoms with Gasteiger partial charge in [-0.3, -0.25) is 9.59 Å². The lowest BCUT2D eigenvalue weighted by Gasteiger charge is -2.30. The molecular weight excluding hydrogens is 254 g/mol. The number of carbonyl (C=O) groups is 2. The van der Waals surface area contributed by atoms with Crippen LogP contribution in [0.25, 0.3) is 0 Å². The number of aliphatic carboxylic acids is 1. The molecule has 1 N–H and O–H groups in total. The summed E-state index contributed by atoms with van der Waals surface area (Å²) in [5, 5.41) is 10.8. The summed E-state index contributed by atoms with van der Waals surface area (Å²) in [5.74, 6) is -0.852. The second-order valence-corrected chi connectivity index (χ2v) is 5.16. The Morgan fingerprint density at radius 3 is 3.00 bits per heavy atom. The molecule has 0 aliphatic carbocycles. The fraction of sp³-hybridized carbons (Fsp3) is 0.500. The highest BCUT2D eigenvalue weighted by atomic mass is 32.1. The molecule has 1 aromatic heterocycles. The zero-order chi connectivity index (χ0) is 13.1. The van der Waals surface area contributed by atoms with Crippen molar-refractivity contribution in [2.75, 3.05) is 20.2 Å². The van der Waals surface area contributed by atoms with E-state index >= 15 is 0 Å². The van der Waals surface area contributed by atoms with Crippen molar-refractivity contribution in [3.8, 4) is 5.75 Å². The summed E-state index contributed by atoms with van der Waals surface area (Å²) in [4.78, 5) is 25.4. The van der Waals surface area contributed by atoms with Gasteiger partial charge >= 0.3 is 5.97 Å². The number of hydrogen-bond acceptors (Lipinski definition) is 4. The lowest BCUT2D eigenvalue weighted by atomic mass is 9.98. The Balaban J connectivity index is 2.11. The molecule has 2 rings (SSSR count). The molecule has 18 heavy (non-hydrogen) atoms. The predicted molar refractivity (Wildman–Crippen MR) is 67.1 cm³/mol. The highest BCUT2D eigenvalue weighted by molar-refractivity contribution is 7.12. The minimum atomic E-state index is -0.828. The molecule has 5 nitrogen and oxygen atoms in total. The molecule has 1 aliphatic rings. The van der Waals surface area contributed by atoms with Gasteiger partial charge in [0.05, 0.1) is 13.0 Å². The van der Waals surface area contributed by atoms with Crippen LogP contribution in [-0.2, 0) is 4.79 Å². The monoisotopic (exact) mass is 269 g/mol. The van der Waals surface area contributed by atoms with E-state index in [-0.39, 0.29) is 12.5 Å². The van der Waals surface area contributed by atoms with Gasteiger partial charge in [-0.15, -0.1) is 11.3 Å². The smallest absolute Gasteiger partial charge is 0.308 e. The summed E-state index contributed by atoms with van der Waals surface area (Å²) < 4.78 is 5.12. The predicted octanol–water partition coefficient (Wildman–Crippen LogP) is 1.69. The third-order valence-corrected chi connectivity index (χ3v) is 3.98. The SMILES string of the molecule is COc1ccsc1C(=O)N1CCCC(C(=O)O)C1. The summed E-state index contributed by atoms with van der Waals surface area (Å²) in [5.41, 5.74) is 0. The Morgan fingerprint density at radius 2 is 2.33 bits per heavy atom. The average molecular weight is 269 g/mol. The second-order valence-electron chi connectivity index (χ2n) is 4.25. The Hall–Kier alpha value is -1.56. The molecule has 1 aliphatic heterocycles. The molecule has 0 radical (unpaired) electrons. The van der Waals surface area contributed by atoms with Gasteiger partial charge in [-0.2, -0.15) is 0 Å². The van der Waals surface area contributed by atoms with Crippen LogP contribution in [0.1, 0.15) is 22.5 Å². The molecule has 0 saturated carbocycles. The molecule has 0 spiro atoms. The molecule has 1 unspecified atom stereocenters.